The van der Waals surface area contributed by atoms with Crippen molar-refractivity contribution in [2.75, 3.05) is 125 Å². The number of unbranched alkanes of at least 4 members (excludes halogenated alkanes) is 2. The minimum absolute atomic E-state index is 0.238. The predicted octanol–water partition coefficient (Wildman–Crippen LogP) is -0.960. The average Bonchev–Trinajstić information content (AvgIpc) is 3.01. The van der Waals surface area contributed by atoms with Gasteiger partial charge in [0.1, 0.15) is 12.2 Å². The number of nitrogens with one attached hydrogen (secondary N) is 2. The number of hydrogen-bond acceptors (Lipinski definition) is 13. The molecule has 15 heteroatoms. The van der Waals surface area contributed by atoms with Crippen LogP contribution in [0.3, 0.4) is 0 Å². The highest BCUT2D eigenvalue weighted by molar-refractivity contribution is 5.73. The number of aliphatic hydroxyl groups is 3. The zero-order valence-corrected chi connectivity index (χ0v) is 26.1. The van der Waals surface area contributed by atoms with E-state index in [1.54, 1.807) is 0 Å². The largest absolute Gasteiger partial charge is 0.394 e. The van der Waals surface area contributed by atoms with Crippen LogP contribution in [-0.4, -0.2) is 165 Å². The molecule has 7 N–H and O–H groups in total. The first kappa shape index (κ1) is 41.8. The maximum absolute atomic E-state index is 11.6. The molecule has 0 radical (unpaired) electrons. The van der Waals surface area contributed by atoms with E-state index in [2.05, 4.69) is 17.6 Å². The third-order valence-corrected chi connectivity index (χ3v) is 5.78. The van der Waals surface area contributed by atoms with Crippen LogP contribution in [0.25, 0.3) is 0 Å². The van der Waals surface area contributed by atoms with E-state index in [1.165, 1.54) is 12.8 Å². The molecule has 2 amide bonds. The number of rotatable bonds is 28. The second-order valence-electron chi connectivity index (χ2n) is 9.40. The van der Waals surface area contributed by atoms with E-state index in [9.17, 15) is 4.79 Å². The first-order chi connectivity index (χ1) is 21.1. The summed E-state index contributed by atoms with van der Waals surface area (Å²) in [4.78, 5) is 11.6. The Hall–Kier alpha value is -1.21. The molecule has 15 nitrogen and oxygen atoms in total. The summed E-state index contributed by atoms with van der Waals surface area (Å²) in [5.41, 5.74) is 5.31. The predicted molar refractivity (Wildman–Crippen MR) is 159 cm³/mol. The molecule has 0 bridgehead atoms. The van der Waals surface area contributed by atoms with Crippen LogP contribution in [0.2, 0.25) is 0 Å². The molecule has 43 heavy (non-hydrogen) atoms. The molecule has 1 heterocycles. The molecule has 1 fully saturated rings. The molecule has 3 unspecified atom stereocenters. The third-order valence-electron chi connectivity index (χ3n) is 5.78. The van der Waals surface area contributed by atoms with E-state index in [-0.39, 0.29) is 12.6 Å². The van der Waals surface area contributed by atoms with E-state index < -0.39 is 18.3 Å². The summed E-state index contributed by atoms with van der Waals surface area (Å²) in [6.45, 7) is 11.1. The lowest BCUT2D eigenvalue weighted by atomic mass is 10.0. The molecular formula is C28H59N3O12. The Bertz CT molecular complexity index is 583. The van der Waals surface area contributed by atoms with Gasteiger partial charge in [-0.2, -0.15) is 0 Å². The summed E-state index contributed by atoms with van der Waals surface area (Å²) in [6, 6.07) is -0.238. The van der Waals surface area contributed by atoms with Gasteiger partial charge in [0.15, 0.2) is 0 Å². The zero-order chi connectivity index (χ0) is 31.6. The van der Waals surface area contributed by atoms with E-state index in [0.29, 0.717) is 119 Å². The molecule has 0 aromatic heterocycles. The Morgan fingerprint density at radius 3 is 1.58 bits per heavy atom. The fourth-order valence-corrected chi connectivity index (χ4v) is 3.40. The van der Waals surface area contributed by atoms with Crippen LogP contribution in [0.5, 0.6) is 0 Å². The Labute approximate surface area is 256 Å². The molecule has 0 aromatic rings. The van der Waals surface area contributed by atoms with Crippen molar-refractivity contribution in [2.45, 2.75) is 50.9 Å². The molecule has 0 aliphatic carbocycles. The van der Waals surface area contributed by atoms with E-state index in [4.69, 9.17) is 58.9 Å². The smallest absolute Gasteiger partial charge is 0.314 e. The first-order valence-electron chi connectivity index (χ1n) is 15.4. The van der Waals surface area contributed by atoms with E-state index in [0.717, 1.165) is 13.0 Å². The monoisotopic (exact) mass is 629 g/mol. The third kappa shape index (κ3) is 29.3. The van der Waals surface area contributed by atoms with Gasteiger partial charge < -0.3 is 69.6 Å². The summed E-state index contributed by atoms with van der Waals surface area (Å²) in [7, 11) is 0. The maximum atomic E-state index is 11.6. The molecule has 3 atom stereocenters. The van der Waals surface area contributed by atoms with Gasteiger partial charge in [-0.3, -0.25) is 0 Å². The van der Waals surface area contributed by atoms with Gasteiger partial charge in [0.05, 0.1) is 98.6 Å². The number of carbonyl (C=O) groups is 1. The molecular weight excluding hydrogens is 570 g/mol. The van der Waals surface area contributed by atoms with Crippen molar-refractivity contribution >= 4 is 6.03 Å². The SMILES string of the molecule is CCCCCOCCOCCNC(=O)NCCOCCOCCOCCOCCOCCN.OCC1OCCC(O)C1O. The van der Waals surface area contributed by atoms with Gasteiger partial charge >= 0.3 is 6.03 Å². The van der Waals surface area contributed by atoms with Crippen molar-refractivity contribution < 1.29 is 58.0 Å². The molecule has 1 rings (SSSR count). The van der Waals surface area contributed by atoms with Gasteiger partial charge in [-0.25, -0.2) is 4.79 Å². The fourth-order valence-electron chi connectivity index (χ4n) is 3.40. The topological polar surface area (TPSA) is 202 Å². The number of urea groups is 1. The lowest BCUT2D eigenvalue weighted by Gasteiger charge is -2.30. The van der Waals surface area contributed by atoms with Gasteiger partial charge in [0.25, 0.3) is 0 Å². The summed E-state index contributed by atoms with van der Waals surface area (Å²) in [5.74, 6) is 0. The lowest BCUT2D eigenvalue weighted by Crippen LogP contribution is -2.46. The molecule has 0 aromatic carbocycles. The minimum atomic E-state index is -0.932. The summed E-state index contributed by atoms with van der Waals surface area (Å²) >= 11 is 0. The molecule has 1 aliphatic rings. The zero-order valence-electron chi connectivity index (χ0n) is 26.1. The van der Waals surface area contributed by atoms with Gasteiger partial charge in [0.2, 0.25) is 0 Å². The van der Waals surface area contributed by atoms with Crippen molar-refractivity contribution in [1.29, 1.82) is 0 Å². The van der Waals surface area contributed by atoms with Crippen LogP contribution < -0.4 is 16.4 Å². The van der Waals surface area contributed by atoms with E-state index >= 15 is 0 Å². The molecule has 1 aliphatic heterocycles. The standard InChI is InChI=1S/C22H47N3O8.C6H12O4/c1-2-3-4-8-27-12-14-29-10-6-24-22(26)25-7-11-30-15-17-32-19-21-33-20-18-31-16-13-28-9-5-23;7-3-5-6(9)4(8)1-2-10-5/h2-21,23H2,1H3,(H2,24,25,26);4-9H,1-3H2. The molecule has 0 saturated carbocycles. The second-order valence-corrected chi connectivity index (χ2v) is 9.40. The van der Waals surface area contributed by atoms with Crippen LogP contribution >= 0.6 is 0 Å². The minimum Gasteiger partial charge on any atom is -0.394 e. The number of carbonyl (C=O) groups excluding carboxylic acids is 1. The number of amides is 2. The fraction of sp³-hybridized carbons (Fsp3) is 0.964. The quantitative estimate of drug-likeness (QED) is 0.0579. The van der Waals surface area contributed by atoms with E-state index in [1.807, 2.05) is 0 Å². The first-order valence-corrected chi connectivity index (χ1v) is 15.4. The Balaban J connectivity index is 0.00000147. The van der Waals surface area contributed by atoms with Gasteiger partial charge in [-0.05, 0) is 12.8 Å². The number of hydrogen-bond donors (Lipinski definition) is 6. The Morgan fingerprint density at radius 2 is 1.16 bits per heavy atom. The Morgan fingerprint density at radius 1 is 0.721 bits per heavy atom. The summed E-state index contributed by atoms with van der Waals surface area (Å²) in [5, 5.41) is 32.2. The molecule has 0 spiro atoms. The number of ether oxygens (including phenoxy) is 8. The van der Waals surface area contributed by atoms with Crippen LogP contribution in [0, 0.1) is 0 Å². The van der Waals surface area contributed by atoms with Crippen molar-refractivity contribution in [1.82, 2.24) is 10.6 Å². The van der Waals surface area contributed by atoms with Crippen LogP contribution in [0.15, 0.2) is 0 Å². The second kappa shape index (κ2) is 33.7. The van der Waals surface area contributed by atoms with Crippen molar-refractivity contribution in [3.05, 3.63) is 0 Å². The number of nitrogens with two attached hydrogens (primary N) is 1. The number of aliphatic hydroxyl groups excluding tert-OH is 3. The summed E-state index contributed by atoms with van der Waals surface area (Å²) in [6.07, 6.45) is 1.63. The summed E-state index contributed by atoms with van der Waals surface area (Å²) < 4.78 is 42.5. The highest BCUT2D eigenvalue weighted by atomic mass is 16.6. The Kier molecular flexibility index (Phi) is 32.7. The normalized spacial score (nSPS) is 18.2. The van der Waals surface area contributed by atoms with Crippen LogP contribution in [0.1, 0.15) is 32.6 Å². The van der Waals surface area contributed by atoms with Crippen molar-refractivity contribution in [3.63, 3.8) is 0 Å². The van der Waals surface area contributed by atoms with Crippen LogP contribution in [0.4, 0.5) is 4.79 Å². The molecule has 258 valence electrons. The van der Waals surface area contributed by atoms with Gasteiger partial charge in [-0.1, -0.05) is 19.8 Å². The lowest BCUT2D eigenvalue weighted by molar-refractivity contribution is -0.147. The average molecular weight is 630 g/mol. The highest BCUT2D eigenvalue weighted by Crippen LogP contribution is 2.13. The van der Waals surface area contributed by atoms with Gasteiger partial charge in [0, 0.05) is 32.8 Å². The van der Waals surface area contributed by atoms with Crippen molar-refractivity contribution in [2.24, 2.45) is 5.73 Å². The van der Waals surface area contributed by atoms with Crippen LogP contribution in [-0.2, 0) is 37.9 Å². The highest BCUT2D eigenvalue weighted by Gasteiger charge is 2.30. The molecule has 1 saturated heterocycles. The van der Waals surface area contributed by atoms with Crippen molar-refractivity contribution in [3.8, 4) is 0 Å². The van der Waals surface area contributed by atoms with Gasteiger partial charge in [-0.15, -0.1) is 0 Å². The maximum Gasteiger partial charge on any atom is 0.314 e.